The van der Waals surface area contributed by atoms with Gasteiger partial charge in [-0.1, -0.05) is 72.3 Å². The number of anilines is 1. The van der Waals surface area contributed by atoms with E-state index < -0.39 is 0 Å². The van der Waals surface area contributed by atoms with E-state index in [0.29, 0.717) is 0 Å². The SMILES string of the molecule is Clc1ccc(C2=NN(c3ccccc3)C(c3ccccc3)C2)cc1. The predicted octanol–water partition coefficient (Wildman–Crippen LogP) is 5.70. The maximum Gasteiger partial charge on any atom is 0.0831 e. The lowest BCUT2D eigenvalue weighted by molar-refractivity contribution is 0.709. The molecule has 0 aromatic heterocycles. The zero-order chi connectivity index (χ0) is 16.4. The molecule has 3 aromatic rings. The largest absolute Gasteiger partial charge is 0.257 e. The molecule has 1 aliphatic rings. The fourth-order valence-electron chi connectivity index (χ4n) is 3.08. The van der Waals surface area contributed by atoms with Gasteiger partial charge in [0.1, 0.15) is 0 Å². The van der Waals surface area contributed by atoms with Crippen molar-refractivity contribution in [1.82, 2.24) is 0 Å². The van der Waals surface area contributed by atoms with Crippen molar-refractivity contribution in [2.75, 3.05) is 5.01 Å². The van der Waals surface area contributed by atoms with Crippen LogP contribution in [0.2, 0.25) is 5.02 Å². The molecular weight excluding hydrogens is 316 g/mol. The van der Waals surface area contributed by atoms with Crippen LogP contribution in [0.25, 0.3) is 0 Å². The van der Waals surface area contributed by atoms with Crippen molar-refractivity contribution in [1.29, 1.82) is 0 Å². The molecule has 1 aliphatic heterocycles. The molecular formula is C21H17ClN2. The molecule has 0 saturated heterocycles. The predicted molar refractivity (Wildman–Crippen MR) is 101 cm³/mol. The second-order valence-corrected chi connectivity index (χ2v) is 6.30. The highest BCUT2D eigenvalue weighted by Crippen LogP contribution is 2.36. The topological polar surface area (TPSA) is 15.6 Å². The first-order valence-electron chi connectivity index (χ1n) is 8.04. The van der Waals surface area contributed by atoms with Crippen molar-refractivity contribution in [3.8, 4) is 0 Å². The summed E-state index contributed by atoms with van der Waals surface area (Å²) in [5, 5.41) is 7.79. The molecule has 1 heterocycles. The van der Waals surface area contributed by atoms with Gasteiger partial charge in [0, 0.05) is 11.4 Å². The molecule has 0 amide bonds. The van der Waals surface area contributed by atoms with Crippen LogP contribution in [-0.4, -0.2) is 5.71 Å². The van der Waals surface area contributed by atoms with Crippen LogP contribution in [-0.2, 0) is 0 Å². The lowest BCUT2D eigenvalue weighted by atomic mass is 9.98. The van der Waals surface area contributed by atoms with E-state index in [1.165, 1.54) is 5.56 Å². The van der Waals surface area contributed by atoms with Gasteiger partial charge >= 0.3 is 0 Å². The van der Waals surface area contributed by atoms with Crippen LogP contribution >= 0.6 is 11.6 Å². The van der Waals surface area contributed by atoms with Crippen LogP contribution in [0.1, 0.15) is 23.6 Å². The Kier molecular flexibility index (Phi) is 4.06. The number of rotatable bonds is 3. The van der Waals surface area contributed by atoms with Crippen molar-refractivity contribution in [2.24, 2.45) is 5.10 Å². The highest BCUT2D eigenvalue weighted by molar-refractivity contribution is 6.30. The molecule has 24 heavy (non-hydrogen) atoms. The molecule has 0 fully saturated rings. The Morgan fingerprint density at radius 2 is 1.42 bits per heavy atom. The molecule has 2 nitrogen and oxygen atoms in total. The van der Waals surface area contributed by atoms with Gasteiger partial charge < -0.3 is 0 Å². The second-order valence-electron chi connectivity index (χ2n) is 5.86. The Hall–Kier alpha value is -2.58. The minimum atomic E-state index is 0.208. The zero-order valence-corrected chi connectivity index (χ0v) is 13.9. The number of hydrogen-bond acceptors (Lipinski definition) is 2. The molecule has 0 spiro atoms. The van der Waals surface area contributed by atoms with E-state index in [0.717, 1.165) is 28.4 Å². The highest BCUT2D eigenvalue weighted by atomic mass is 35.5. The first-order chi connectivity index (χ1) is 11.8. The average molecular weight is 333 g/mol. The maximum absolute atomic E-state index is 6.02. The number of hydrogen-bond donors (Lipinski definition) is 0. The van der Waals surface area contributed by atoms with Gasteiger partial charge in [0.25, 0.3) is 0 Å². The summed E-state index contributed by atoms with van der Waals surface area (Å²) in [6.07, 6.45) is 0.876. The summed E-state index contributed by atoms with van der Waals surface area (Å²) in [6.45, 7) is 0. The van der Waals surface area contributed by atoms with E-state index in [-0.39, 0.29) is 6.04 Å². The summed E-state index contributed by atoms with van der Waals surface area (Å²) in [4.78, 5) is 0. The number of para-hydroxylation sites is 1. The molecule has 0 saturated carbocycles. The standard InChI is InChI=1S/C21H17ClN2/c22-18-13-11-16(12-14-18)20-15-21(17-7-3-1-4-8-17)24(23-20)19-9-5-2-6-10-19/h1-14,21H,15H2. The third-order valence-corrected chi connectivity index (χ3v) is 4.54. The monoisotopic (exact) mass is 332 g/mol. The fourth-order valence-corrected chi connectivity index (χ4v) is 3.21. The first kappa shape index (κ1) is 15.0. The van der Waals surface area contributed by atoms with E-state index in [4.69, 9.17) is 16.7 Å². The van der Waals surface area contributed by atoms with Gasteiger partial charge in [-0.3, -0.25) is 5.01 Å². The van der Waals surface area contributed by atoms with E-state index in [1.54, 1.807) is 0 Å². The molecule has 3 aromatic carbocycles. The van der Waals surface area contributed by atoms with Crippen LogP contribution in [0, 0.1) is 0 Å². The Morgan fingerprint density at radius 3 is 2.08 bits per heavy atom. The van der Waals surface area contributed by atoms with E-state index in [2.05, 4.69) is 41.4 Å². The summed E-state index contributed by atoms with van der Waals surface area (Å²) >= 11 is 6.02. The van der Waals surface area contributed by atoms with E-state index in [1.807, 2.05) is 48.5 Å². The van der Waals surface area contributed by atoms with E-state index >= 15 is 0 Å². The normalized spacial score (nSPS) is 17.0. The van der Waals surface area contributed by atoms with Crippen molar-refractivity contribution in [2.45, 2.75) is 12.5 Å². The Bertz CT molecular complexity index is 842. The quantitative estimate of drug-likeness (QED) is 0.601. The van der Waals surface area contributed by atoms with Crippen LogP contribution in [0.15, 0.2) is 90.0 Å². The van der Waals surface area contributed by atoms with Crippen LogP contribution < -0.4 is 5.01 Å². The molecule has 1 unspecified atom stereocenters. The van der Waals surface area contributed by atoms with Crippen LogP contribution in [0.4, 0.5) is 5.69 Å². The van der Waals surface area contributed by atoms with Gasteiger partial charge in [-0.15, -0.1) is 0 Å². The average Bonchev–Trinajstić information content (AvgIpc) is 3.09. The summed E-state index contributed by atoms with van der Waals surface area (Å²) in [6, 6.07) is 29.0. The van der Waals surface area contributed by atoms with Crippen LogP contribution in [0.5, 0.6) is 0 Å². The number of hydrazone groups is 1. The highest BCUT2D eigenvalue weighted by Gasteiger charge is 2.29. The van der Waals surface area contributed by atoms with Crippen molar-refractivity contribution >= 4 is 23.0 Å². The number of halogens is 1. The van der Waals surface area contributed by atoms with E-state index in [9.17, 15) is 0 Å². The first-order valence-corrected chi connectivity index (χ1v) is 8.42. The summed E-state index contributed by atoms with van der Waals surface area (Å²) in [5.74, 6) is 0. The Balaban J connectivity index is 1.74. The molecule has 3 heteroatoms. The second kappa shape index (κ2) is 6.50. The maximum atomic E-state index is 6.02. The van der Waals surface area contributed by atoms with Crippen LogP contribution in [0.3, 0.4) is 0 Å². The number of nitrogens with zero attached hydrogens (tertiary/aromatic N) is 2. The Labute approximate surface area is 147 Å². The molecule has 0 N–H and O–H groups in total. The van der Waals surface area contributed by atoms with Crippen molar-refractivity contribution in [3.05, 3.63) is 101 Å². The molecule has 1 atom stereocenters. The fraction of sp³-hybridized carbons (Fsp3) is 0.0952. The van der Waals surface area contributed by atoms with Gasteiger partial charge in [-0.2, -0.15) is 5.10 Å². The third kappa shape index (κ3) is 2.93. The smallest absolute Gasteiger partial charge is 0.0831 e. The zero-order valence-electron chi connectivity index (χ0n) is 13.1. The Morgan fingerprint density at radius 1 is 0.792 bits per heavy atom. The number of benzene rings is 3. The molecule has 0 bridgehead atoms. The molecule has 118 valence electrons. The van der Waals surface area contributed by atoms with Crippen molar-refractivity contribution < 1.29 is 0 Å². The van der Waals surface area contributed by atoms with Gasteiger partial charge in [0.05, 0.1) is 17.4 Å². The third-order valence-electron chi connectivity index (χ3n) is 4.29. The lowest BCUT2D eigenvalue weighted by Crippen LogP contribution is -2.18. The molecule has 0 radical (unpaired) electrons. The van der Waals surface area contributed by atoms with Gasteiger partial charge in [-0.25, -0.2) is 0 Å². The minimum Gasteiger partial charge on any atom is -0.257 e. The minimum absolute atomic E-state index is 0.208. The van der Waals surface area contributed by atoms with Gasteiger partial charge in [0.15, 0.2) is 0 Å². The summed E-state index contributed by atoms with van der Waals surface area (Å²) < 4.78 is 0. The van der Waals surface area contributed by atoms with Gasteiger partial charge in [-0.05, 0) is 35.4 Å². The molecule has 0 aliphatic carbocycles. The summed E-state index contributed by atoms with van der Waals surface area (Å²) in [5.41, 5.74) is 4.59. The van der Waals surface area contributed by atoms with Crippen molar-refractivity contribution in [3.63, 3.8) is 0 Å². The van der Waals surface area contributed by atoms with Gasteiger partial charge in [0.2, 0.25) is 0 Å². The summed E-state index contributed by atoms with van der Waals surface area (Å²) in [7, 11) is 0. The molecule has 4 rings (SSSR count). The lowest BCUT2D eigenvalue weighted by Gasteiger charge is -2.23.